The molecule has 2 fully saturated rings. The minimum absolute atomic E-state index is 0. The highest BCUT2D eigenvalue weighted by molar-refractivity contribution is 5.85. The third kappa shape index (κ3) is 6.96. The molecule has 1 saturated heterocycles. The number of likely N-dealkylation sites (tertiary alicyclic amines) is 1. The number of rotatable bonds is 5. The smallest absolute Gasteiger partial charge is 0.317 e. The van der Waals surface area contributed by atoms with Crippen molar-refractivity contribution in [3.63, 3.8) is 0 Å². The number of hydrogen-bond acceptors (Lipinski definition) is 3. The molecule has 0 unspecified atom stereocenters. The second-order valence-electron chi connectivity index (χ2n) is 6.47. The van der Waals surface area contributed by atoms with Gasteiger partial charge in [0.15, 0.2) is 0 Å². The fourth-order valence-corrected chi connectivity index (χ4v) is 3.28. The highest BCUT2D eigenvalue weighted by Crippen LogP contribution is 2.18. The molecule has 2 rings (SSSR count). The van der Waals surface area contributed by atoms with E-state index < -0.39 is 0 Å². The fourth-order valence-electron chi connectivity index (χ4n) is 3.28. The molecule has 1 saturated carbocycles. The van der Waals surface area contributed by atoms with E-state index in [0.29, 0.717) is 19.0 Å². The first-order valence-corrected chi connectivity index (χ1v) is 8.68. The summed E-state index contributed by atoms with van der Waals surface area (Å²) in [5.74, 6) is 0.0967. The maximum absolute atomic E-state index is 12.3. The number of carbonyl (C=O) groups excluding carboxylic acids is 2. The van der Waals surface area contributed by atoms with Crippen LogP contribution in [0.25, 0.3) is 0 Å². The van der Waals surface area contributed by atoms with Crippen molar-refractivity contribution in [1.29, 1.82) is 0 Å². The monoisotopic (exact) mass is 346 g/mol. The molecule has 1 aliphatic heterocycles. The summed E-state index contributed by atoms with van der Waals surface area (Å²) < 4.78 is 0. The van der Waals surface area contributed by atoms with Gasteiger partial charge in [-0.15, -0.1) is 12.4 Å². The molecule has 0 aromatic rings. The van der Waals surface area contributed by atoms with Crippen LogP contribution >= 0.6 is 12.4 Å². The molecular weight excluding hydrogens is 316 g/mol. The number of nitrogens with zero attached hydrogens (tertiary/aromatic N) is 1. The van der Waals surface area contributed by atoms with Gasteiger partial charge in [0.1, 0.15) is 0 Å². The third-order valence-corrected chi connectivity index (χ3v) is 4.68. The van der Waals surface area contributed by atoms with Crippen LogP contribution in [0.5, 0.6) is 0 Å². The summed E-state index contributed by atoms with van der Waals surface area (Å²) in [6.07, 6.45) is 8.20. The SMILES string of the molecule is CNCCC(=O)NC1CCN(C(=O)NC2CCCCC2)CC1.Cl. The molecule has 0 radical (unpaired) electrons. The van der Waals surface area contributed by atoms with E-state index in [1.54, 1.807) is 0 Å². The van der Waals surface area contributed by atoms with Crippen molar-refractivity contribution in [3.8, 4) is 0 Å². The zero-order chi connectivity index (χ0) is 15.8. The van der Waals surface area contributed by atoms with E-state index >= 15 is 0 Å². The zero-order valence-electron chi connectivity index (χ0n) is 14.1. The van der Waals surface area contributed by atoms with E-state index in [2.05, 4.69) is 16.0 Å². The van der Waals surface area contributed by atoms with Crippen molar-refractivity contribution in [3.05, 3.63) is 0 Å². The van der Waals surface area contributed by atoms with Gasteiger partial charge in [0.2, 0.25) is 5.91 Å². The average Bonchev–Trinajstić information content (AvgIpc) is 2.54. The van der Waals surface area contributed by atoms with Gasteiger partial charge in [-0.3, -0.25) is 4.79 Å². The lowest BCUT2D eigenvalue weighted by Gasteiger charge is -2.34. The Bertz CT molecular complexity index is 367. The number of hydrogen-bond donors (Lipinski definition) is 3. The Labute approximate surface area is 145 Å². The first-order chi connectivity index (χ1) is 10.7. The van der Waals surface area contributed by atoms with Gasteiger partial charge in [0, 0.05) is 38.1 Å². The van der Waals surface area contributed by atoms with Crippen molar-refractivity contribution >= 4 is 24.3 Å². The summed E-state index contributed by atoms with van der Waals surface area (Å²) in [6.45, 7) is 2.17. The Morgan fingerprint density at radius 1 is 0.957 bits per heavy atom. The molecule has 3 N–H and O–H groups in total. The van der Waals surface area contributed by atoms with E-state index in [4.69, 9.17) is 0 Å². The Hall–Kier alpha value is -1.01. The molecular formula is C16H31ClN4O2. The Balaban J connectivity index is 0.00000264. The van der Waals surface area contributed by atoms with Crippen molar-refractivity contribution in [2.45, 2.75) is 63.5 Å². The van der Waals surface area contributed by atoms with Gasteiger partial charge in [-0.05, 0) is 32.7 Å². The summed E-state index contributed by atoms with van der Waals surface area (Å²) >= 11 is 0. The predicted octanol–water partition coefficient (Wildman–Crippen LogP) is 1.64. The molecule has 1 aliphatic carbocycles. The molecule has 6 nitrogen and oxygen atoms in total. The van der Waals surface area contributed by atoms with Crippen LogP contribution in [-0.4, -0.2) is 55.6 Å². The summed E-state index contributed by atoms with van der Waals surface area (Å²) in [4.78, 5) is 25.9. The normalized spacial score (nSPS) is 19.8. The first-order valence-electron chi connectivity index (χ1n) is 8.68. The molecule has 0 bridgehead atoms. The van der Waals surface area contributed by atoms with Crippen LogP contribution < -0.4 is 16.0 Å². The maximum Gasteiger partial charge on any atom is 0.317 e. The van der Waals surface area contributed by atoms with Gasteiger partial charge in [-0.25, -0.2) is 4.79 Å². The van der Waals surface area contributed by atoms with Crippen LogP contribution in [0.4, 0.5) is 4.79 Å². The number of urea groups is 1. The van der Waals surface area contributed by atoms with Crippen molar-refractivity contribution in [1.82, 2.24) is 20.9 Å². The fraction of sp³-hybridized carbons (Fsp3) is 0.875. The Kier molecular flexibility index (Phi) is 9.33. The van der Waals surface area contributed by atoms with Crippen molar-refractivity contribution in [2.24, 2.45) is 0 Å². The van der Waals surface area contributed by atoms with Gasteiger partial charge < -0.3 is 20.9 Å². The van der Waals surface area contributed by atoms with E-state index in [1.165, 1.54) is 19.3 Å². The van der Waals surface area contributed by atoms with E-state index in [0.717, 1.165) is 38.8 Å². The lowest BCUT2D eigenvalue weighted by atomic mass is 9.95. The van der Waals surface area contributed by atoms with Gasteiger partial charge in [-0.1, -0.05) is 19.3 Å². The molecule has 23 heavy (non-hydrogen) atoms. The highest BCUT2D eigenvalue weighted by Gasteiger charge is 2.25. The third-order valence-electron chi connectivity index (χ3n) is 4.68. The molecule has 0 aromatic carbocycles. The second-order valence-corrected chi connectivity index (χ2v) is 6.47. The number of halogens is 1. The molecule has 2 aliphatic rings. The topological polar surface area (TPSA) is 73.5 Å². The van der Waals surface area contributed by atoms with Gasteiger partial charge in [0.25, 0.3) is 0 Å². The number of nitrogens with one attached hydrogen (secondary N) is 3. The lowest BCUT2D eigenvalue weighted by molar-refractivity contribution is -0.121. The predicted molar refractivity (Wildman–Crippen MR) is 93.9 cm³/mol. The molecule has 0 spiro atoms. The van der Waals surface area contributed by atoms with Crippen molar-refractivity contribution in [2.75, 3.05) is 26.7 Å². The quantitative estimate of drug-likeness (QED) is 0.708. The van der Waals surface area contributed by atoms with E-state index in [9.17, 15) is 9.59 Å². The number of carbonyl (C=O) groups is 2. The average molecular weight is 347 g/mol. The van der Waals surface area contributed by atoms with Gasteiger partial charge in [0.05, 0.1) is 0 Å². The maximum atomic E-state index is 12.3. The van der Waals surface area contributed by atoms with E-state index in [-0.39, 0.29) is 30.4 Å². The van der Waals surface area contributed by atoms with Crippen LogP contribution in [0.2, 0.25) is 0 Å². The molecule has 1 heterocycles. The minimum atomic E-state index is 0. The van der Waals surface area contributed by atoms with Crippen LogP contribution in [-0.2, 0) is 4.79 Å². The summed E-state index contributed by atoms with van der Waals surface area (Å²) in [7, 11) is 1.84. The molecule has 134 valence electrons. The highest BCUT2D eigenvalue weighted by atomic mass is 35.5. The summed E-state index contributed by atoms with van der Waals surface area (Å²) in [6, 6.07) is 0.648. The van der Waals surface area contributed by atoms with Crippen LogP contribution in [0, 0.1) is 0 Å². The second kappa shape index (κ2) is 10.7. The Morgan fingerprint density at radius 2 is 1.57 bits per heavy atom. The van der Waals surface area contributed by atoms with E-state index in [1.807, 2.05) is 11.9 Å². The van der Waals surface area contributed by atoms with Crippen molar-refractivity contribution < 1.29 is 9.59 Å². The summed E-state index contributed by atoms with van der Waals surface area (Å²) in [5, 5.41) is 9.20. The summed E-state index contributed by atoms with van der Waals surface area (Å²) in [5.41, 5.74) is 0. The van der Waals surface area contributed by atoms with Gasteiger partial charge in [-0.2, -0.15) is 0 Å². The molecule has 0 aromatic heterocycles. The lowest BCUT2D eigenvalue weighted by Crippen LogP contribution is -2.51. The molecule has 7 heteroatoms. The standard InChI is InChI=1S/C16H30N4O2.ClH/c1-17-10-7-15(21)18-14-8-11-20(12-9-14)16(22)19-13-5-3-2-4-6-13;/h13-14,17H,2-12H2,1H3,(H,18,21)(H,19,22);1H. The van der Waals surface area contributed by atoms with Gasteiger partial charge >= 0.3 is 6.03 Å². The number of piperidine rings is 1. The molecule has 0 atom stereocenters. The van der Waals surface area contributed by atoms with Crippen LogP contribution in [0.15, 0.2) is 0 Å². The first kappa shape index (κ1) is 20.0. The van der Waals surface area contributed by atoms with Crippen LogP contribution in [0.3, 0.4) is 0 Å². The zero-order valence-corrected chi connectivity index (χ0v) is 14.9. The Morgan fingerprint density at radius 3 is 2.17 bits per heavy atom. The van der Waals surface area contributed by atoms with Crippen LogP contribution in [0.1, 0.15) is 51.4 Å². The minimum Gasteiger partial charge on any atom is -0.353 e. The number of amides is 3. The molecule has 3 amide bonds. The largest absolute Gasteiger partial charge is 0.353 e.